The quantitative estimate of drug-likeness (QED) is 0.853. The number of methoxy groups -OCH3 is 1. The molecular formula is C16H26N2O. The molecule has 0 bridgehead atoms. The van der Waals surface area contributed by atoms with Gasteiger partial charge >= 0.3 is 0 Å². The van der Waals surface area contributed by atoms with Gasteiger partial charge in [0.05, 0.1) is 0 Å². The lowest BCUT2D eigenvalue weighted by atomic mass is 9.94. The van der Waals surface area contributed by atoms with E-state index < -0.39 is 0 Å². The smallest absolute Gasteiger partial charge is 0.0481 e. The molecule has 3 nitrogen and oxygen atoms in total. The fourth-order valence-corrected chi connectivity index (χ4v) is 2.95. The summed E-state index contributed by atoms with van der Waals surface area (Å²) in [5.41, 5.74) is 2.84. The average Bonchev–Trinajstić information content (AvgIpc) is 2.45. The minimum atomic E-state index is 0.507. The molecule has 2 atom stereocenters. The number of fused-ring (bicyclic) bond motifs is 1. The van der Waals surface area contributed by atoms with Gasteiger partial charge in [0.2, 0.25) is 0 Å². The van der Waals surface area contributed by atoms with Crippen molar-refractivity contribution < 1.29 is 4.74 Å². The van der Waals surface area contributed by atoms with Crippen LogP contribution >= 0.6 is 0 Å². The largest absolute Gasteiger partial charge is 0.385 e. The second kappa shape index (κ2) is 6.92. The molecule has 1 aromatic rings. The second-order valence-corrected chi connectivity index (χ2v) is 5.28. The molecule has 0 aromatic heterocycles. The second-order valence-electron chi connectivity index (χ2n) is 5.28. The first-order valence-electron chi connectivity index (χ1n) is 7.35. The molecule has 0 spiro atoms. The Morgan fingerprint density at radius 1 is 1.42 bits per heavy atom. The molecule has 1 aliphatic rings. The van der Waals surface area contributed by atoms with E-state index in [0.29, 0.717) is 12.1 Å². The van der Waals surface area contributed by atoms with Crippen molar-refractivity contribution in [2.75, 3.05) is 31.7 Å². The van der Waals surface area contributed by atoms with Crippen molar-refractivity contribution in [2.24, 2.45) is 0 Å². The fourth-order valence-electron chi connectivity index (χ4n) is 2.95. The van der Waals surface area contributed by atoms with Crippen molar-refractivity contribution in [3.05, 3.63) is 29.8 Å². The summed E-state index contributed by atoms with van der Waals surface area (Å²) in [4.78, 5) is 2.53. The number of anilines is 1. The van der Waals surface area contributed by atoms with E-state index in [1.54, 1.807) is 7.11 Å². The normalized spacial score (nSPS) is 20.2. The van der Waals surface area contributed by atoms with Crippen LogP contribution in [0.15, 0.2) is 24.3 Å². The molecule has 1 aromatic carbocycles. The van der Waals surface area contributed by atoms with Gasteiger partial charge in [0.1, 0.15) is 0 Å². The molecule has 1 N–H and O–H groups in total. The number of hydrogen-bond acceptors (Lipinski definition) is 3. The lowest BCUT2D eigenvalue weighted by Gasteiger charge is -2.39. The predicted octanol–water partition coefficient (Wildman–Crippen LogP) is 2.97. The molecular weight excluding hydrogens is 236 g/mol. The van der Waals surface area contributed by atoms with Crippen LogP contribution in [-0.2, 0) is 4.74 Å². The van der Waals surface area contributed by atoms with Gasteiger partial charge in [-0.05, 0) is 37.9 Å². The van der Waals surface area contributed by atoms with Crippen LogP contribution in [0.4, 0.5) is 5.69 Å². The molecule has 0 saturated heterocycles. The van der Waals surface area contributed by atoms with Crippen LogP contribution in [0.3, 0.4) is 0 Å². The van der Waals surface area contributed by atoms with Crippen LogP contribution in [0, 0.1) is 0 Å². The van der Waals surface area contributed by atoms with Gasteiger partial charge in [-0.1, -0.05) is 25.1 Å². The maximum Gasteiger partial charge on any atom is 0.0481 e. The fraction of sp³-hybridized carbons (Fsp3) is 0.625. The number of nitrogens with zero attached hydrogens (tertiary/aromatic N) is 1. The minimum absolute atomic E-state index is 0.507. The van der Waals surface area contributed by atoms with Crippen molar-refractivity contribution >= 4 is 5.69 Å². The summed E-state index contributed by atoms with van der Waals surface area (Å²) in [5.74, 6) is 0. The number of hydrogen-bond donors (Lipinski definition) is 1. The predicted molar refractivity (Wildman–Crippen MR) is 80.8 cm³/mol. The van der Waals surface area contributed by atoms with Gasteiger partial charge in [-0.25, -0.2) is 0 Å². The Balaban J connectivity index is 2.17. The maximum absolute atomic E-state index is 5.21. The third-order valence-corrected chi connectivity index (χ3v) is 4.00. The third kappa shape index (κ3) is 3.28. The van der Waals surface area contributed by atoms with E-state index in [4.69, 9.17) is 4.74 Å². The van der Waals surface area contributed by atoms with Crippen molar-refractivity contribution in [2.45, 2.75) is 38.8 Å². The first-order valence-corrected chi connectivity index (χ1v) is 7.35. The number of rotatable bonds is 6. The monoisotopic (exact) mass is 262 g/mol. The summed E-state index contributed by atoms with van der Waals surface area (Å²) in [6, 6.07) is 9.84. The lowest BCUT2D eigenvalue weighted by molar-refractivity contribution is 0.188. The Hall–Kier alpha value is -1.06. The summed E-state index contributed by atoms with van der Waals surface area (Å²) in [5, 5.41) is 3.59. The Bertz CT molecular complexity index is 394. The third-order valence-electron chi connectivity index (χ3n) is 4.00. The summed E-state index contributed by atoms with van der Waals surface area (Å²) < 4.78 is 5.21. The molecule has 1 heterocycles. The zero-order valence-electron chi connectivity index (χ0n) is 12.4. The van der Waals surface area contributed by atoms with E-state index in [2.05, 4.69) is 48.3 Å². The van der Waals surface area contributed by atoms with Gasteiger partial charge in [0.25, 0.3) is 0 Å². The van der Waals surface area contributed by atoms with Crippen molar-refractivity contribution in [3.8, 4) is 0 Å². The average molecular weight is 262 g/mol. The van der Waals surface area contributed by atoms with Crippen molar-refractivity contribution in [1.29, 1.82) is 0 Å². The van der Waals surface area contributed by atoms with Crippen LogP contribution in [-0.4, -0.2) is 32.8 Å². The Morgan fingerprint density at radius 3 is 2.95 bits per heavy atom. The number of para-hydroxylation sites is 1. The highest BCUT2D eigenvalue weighted by Crippen LogP contribution is 2.35. The van der Waals surface area contributed by atoms with E-state index in [1.165, 1.54) is 17.7 Å². The van der Waals surface area contributed by atoms with E-state index >= 15 is 0 Å². The molecule has 1 aliphatic heterocycles. The minimum Gasteiger partial charge on any atom is -0.385 e. The molecule has 0 saturated carbocycles. The van der Waals surface area contributed by atoms with Crippen LogP contribution in [0.2, 0.25) is 0 Å². The first-order chi connectivity index (χ1) is 9.27. The first kappa shape index (κ1) is 14.4. The summed E-state index contributed by atoms with van der Waals surface area (Å²) >= 11 is 0. The highest BCUT2D eigenvalue weighted by molar-refractivity contribution is 5.57. The Kier molecular flexibility index (Phi) is 5.23. The number of ether oxygens (including phenoxy) is 1. The number of nitrogens with one attached hydrogen (secondary N) is 1. The molecule has 0 aliphatic carbocycles. The van der Waals surface area contributed by atoms with Gasteiger partial charge in [-0.3, -0.25) is 0 Å². The van der Waals surface area contributed by atoms with Crippen molar-refractivity contribution in [1.82, 2.24) is 5.32 Å². The molecule has 3 heteroatoms. The van der Waals surface area contributed by atoms with Crippen LogP contribution < -0.4 is 10.2 Å². The Morgan fingerprint density at radius 2 is 2.21 bits per heavy atom. The van der Waals surface area contributed by atoms with Gasteiger partial charge in [0.15, 0.2) is 0 Å². The number of benzene rings is 1. The topological polar surface area (TPSA) is 24.5 Å². The molecule has 19 heavy (non-hydrogen) atoms. The van der Waals surface area contributed by atoms with Gasteiger partial charge in [0, 0.05) is 38.0 Å². The van der Waals surface area contributed by atoms with E-state index in [0.717, 1.165) is 26.1 Å². The lowest BCUT2D eigenvalue weighted by Crippen LogP contribution is -2.41. The Labute approximate surface area is 116 Å². The van der Waals surface area contributed by atoms with E-state index in [1.807, 2.05) is 0 Å². The highest BCUT2D eigenvalue weighted by Gasteiger charge is 2.26. The van der Waals surface area contributed by atoms with Gasteiger partial charge in [-0.2, -0.15) is 0 Å². The van der Waals surface area contributed by atoms with E-state index in [9.17, 15) is 0 Å². The summed E-state index contributed by atoms with van der Waals surface area (Å²) in [7, 11) is 1.78. The molecule has 2 rings (SSSR count). The zero-order valence-corrected chi connectivity index (χ0v) is 12.4. The van der Waals surface area contributed by atoms with E-state index in [-0.39, 0.29) is 0 Å². The molecule has 0 fully saturated rings. The van der Waals surface area contributed by atoms with Crippen LogP contribution in [0.5, 0.6) is 0 Å². The summed E-state index contributed by atoms with van der Waals surface area (Å²) in [6.45, 7) is 7.45. The molecule has 2 unspecified atom stereocenters. The molecule has 0 radical (unpaired) electrons. The standard InChI is InChI=1S/C16H26N2O/c1-4-17-15-9-11-18(13(2)10-12-19-3)16-8-6-5-7-14(15)16/h5-8,13,15,17H,4,9-12H2,1-3H3. The van der Waals surface area contributed by atoms with Gasteiger partial charge < -0.3 is 15.0 Å². The zero-order chi connectivity index (χ0) is 13.7. The van der Waals surface area contributed by atoms with Crippen LogP contribution in [0.25, 0.3) is 0 Å². The van der Waals surface area contributed by atoms with Gasteiger partial charge in [-0.15, -0.1) is 0 Å². The van der Waals surface area contributed by atoms with Crippen molar-refractivity contribution in [3.63, 3.8) is 0 Å². The molecule has 0 amide bonds. The van der Waals surface area contributed by atoms with Crippen LogP contribution in [0.1, 0.15) is 38.3 Å². The summed E-state index contributed by atoms with van der Waals surface area (Å²) in [6.07, 6.45) is 2.26. The SMILES string of the molecule is CCNC1CCN(C(C)CCOC)c2ccccc21. The maximum atomic E-state index is 5.21. The molecule has 106 valence electrons. The highest BCUT2D eigenvalue weighted by atomic mass is 16.5.